The molecule has 0 atom stereocenters. The number of nitrogens with two attached hydrogens (primary N) is 1. The maximum absolute atomic E-state index is 13.5. The Kier molecular flexibility index (Phi) is 6.76. The molecule has 10 heteroatoms. The highest BCUT2D eigenvalue weighted by molar-refractivity contribution is 7.92. The van der Waals surface area contributed by atoms with E-state index in [0.29, 0.717) is 29.7 Å². The van der Waals surface area contributed by atoms with Gasteiger partial charge in [0.2, 0.25) is 5.91 Å². The smallest absolute Gasteiger partial charge is 0.276 e. The van der Waals surface area contributed by atoms with E-state index in [4.69, 9.17) is 5.73 Å². The molecule has 206 valence electrons. The van der Waals surface area contributed by atoms with E-state index in [1.807, 2.05) is 48.5 Å². The Morgan fingerprint density at radius 2 is 1.59 bits per heavy atom. The summed E-state index contributed by atoms with van der Waals surface area (Å²) < 4.78 is 30.3. The molecule has 6 rings (SSSR count). The second-order valence-electron chi connectivity index (χ2n) is 9.87. The summed E-state index contributed by atoms with van der Waals surface area (Å²) in [5, 5.41) is 8.10. The predicted molar refractivity (Wildman–Crippen MR) is 157 cm³/mol. The average Bonchev–Trinajstić information content (AvgIpc) is 3.36. The maximum atomic E-state index is 13.5. The van der Waals surface area contributed by atoms with Crippen LogP contribution in [-0.2, 0) is 23.0 Å². The van der Waals surface area contributed by atoms with Crippen LogP contribution in [-0.4, -0.2) is 36.6 Å². The van der Waals surface area contributed by atoms with Crippen molar-refractivity contribution in [3.63, 3.8) is 0 Å². The Hall–Kier alpha value is -4.96. The number of rotatable bonds is 7. The van der Waals surface area contributed by atoms with E-state index in [1.54, 1.807) is 53.2 Å². The van der Waals surface area contributed by atoms with E-state index in [-0.39, 0.29) is 10.6 Å². The molecule has 5 aromatic rings. The minimum Gasteiger partial charge on any atom is -0.366 e. The van der Waals surface area contributed by atoms with Gasteiger partial charge in [-0.25, -0.2) is 8.42 Å². The van der Waals surface area contributed by atoms with Crippen LogP contribution >= 0.6 is 0 Å². The lowest BCUT2D eigenvalue weighted by molar-refractivity contribution is 0.0998. The summed E-state index contributed by atoms with van der Waals surface area (Å²) in [6.45, 7) is 0.786. The number of hydrogen-bond acceptors (Lipinski definition) is 5. The number of amides is 2. The Labute approximate surface area is 237 Å². The van der Waals surface area contributed by atoms with Crippen molar-refractivity contribution in [1.29, 1.82) is 0 Å². The number of anilines is 2. The Morgan fingerprint density at radius 3 is 2.34 bits per heavy atom. The molecule has 4 aromatic carbocycles. The molecule has 1 aromatic heterocycles. The first kappa shape index (κ1) is 26.3. The summed E-state index contributed by atoms with van der Waals surface area (Å²) in [5.41, 5.74) is 9.77. The van der Waals surface area contributed by atoms with Crippen LogP contribution in [0, 0.1) is 0 Å². The van der Waals surface area contributed by atoms with Crippen LogP contribution in [0.1, 0.15) is 38.4 Å². The molecule has 0 aliphatic carbocycles. The monoisotopic (exact) mass is 565 g/mol. The molecule has 3 N–H and O–H groups in total. The van der Waals surface area contributed by atoms with Crippen LogP contribution in [0.25, 0.3) is 10.9 Å². The average molecular weight is 566 g/mol. The molecule has 0 saturated heterocycles. The number of nitrogens with zero attached hydrogens (tertiary/aromatic N) is 3. The van der Waals surface area contributed by atoms with E-state index in [2.05, 4.69) is 10.4 Å². The first-order valence-corrected chi connectivity index (χ1v) is 14.6. The SMILES string of the molecule is NC(=O)c1ccc(NC(=O)c2nn(Cc3ccc(S(=O)(=O)N4CCCc5ccccc54)cc3)c3ccccc23)cc1. The molecule has 0 saturated carbocycles. The van der Waals surface area contributed by atoms with Crippen LogP contribution in [0.2, 0.25) is 0 Å². The number of fused-ring (bicyclic) bond motifs is 2. The lowest BCUT2D eigenvalue weighted by Gasteiger charge is -2.30. The third kappa shape index (κ3) is 5.05. The van der Waals surface area contributed by atoms with Gasteiger partial charge in [-0.1, -0.05) is 48.5 Å². The fraction of sp³-hybridized carbons (Fsp3) is 0.129. The van der Waals surface area contributed by atoms with Crippen molar-refractivity contribution >= 4 is 44.1 Å². The normalized spacial score (nSPS) is 13.1. The number of carbonyl (C=O) groups excluding carboxylic acids is 2. The first-order valence-electron chi connectivity index (χ1n) is 13.2. The molecular weight excluding hydrogens is 538 g/mol. The summed E-state index contributed by atoms with van der Waals surface area (Å²) >= 11 is 0. The van der Waals surface area contributed by atoms with Crippen molar-refractivity contribution in [2.75, 3.05) is 16.2 Å². The Balaban J connectivity index is 1.24. The maximum Gasteiger partial charge on any atom is 0.276 e. The fourth-order valence-electron chi connectivity index (χ4n) is 5.14. The Morgan fingerprint density at radius 1 is 0.878 bits per heavy atom. The third-order valence-electron chi connectivity index (χ3n) is 7.21. The van der Waals surface area contributed by atoms with Gasteiger partial charge in [0.25, 0.3) is 15.9 Å². The van der Waals surface area contributed by atoms with E-state index >= 15 is 0 Å². The van der Waals surface area contributed by atoms with E-state index in [9.17, 15) is 18.0 Å². The van der Waals surface area contributed by atoms with Crippen LogP contribution < -0.4 is 15.4 Å². The number of primary amides is 1. The summed E-state index contributed by atoms with van der Waals surface area (Å²) in [6.07, 6.45) is 1.63. The molecule has 0 radical (unpaired) electrons. The minimum absolute atomic E-state index is 0.227. The van der Waals surface area contributed by atoms with Crippen LogP contribution in [0.3, 0.4) is 0 Å². The lowest BCUT2D eigenvalue weighted by Crippen LogP contribution is -2.35. The number of aryl methyl sites for hydroxylation is 1. The number of nitrogens with one attached hydrogen (secondary N) is 1. The van der Waals surface area contributed by atoms with Gasteiger partial charge in [-0.05, 0) is 72.5 Å². The van der Waals surface area contributed by atoms with Gasteiger partial charge in [0.05, 0.1) is 22.6 Å². The molecule has 1 aliphatic heterocycles. The van der Waals surface area contributed by atoms with Gasteiger partial charge >= 0.3 is 0 Å². The number of para-hydroxylation sites is 2. The van der Waals surface area contributed by atoms with E-state index in [1.165, 1.54) is 4.31 Å². The number of aromatic nitrogens is 2. The summed E-state index contributed by atoms with van der Waals surface area (Å²) in [4.78, 5) is 24.7. The van der Waals surface area contributed by atoms with Gasteiger partial charge < -0.3 is 11.1 Å². The highest BCUT2D eigenvalue weighted by Gasteiger charge is 2.29. The lowest BCUT2D eigenvalue weighted by atomic mass is 10.0. The van der Waals surface area contributed by atoms with Crippen molar-refractivity contribution in [3.8, 4) is 0 Å². The predicted octanol–water partition coefficient (Wildman–Crippen LogP) is 4.58. The number of hydrogen-bond donors (Lipinski definition) is 2. The molecule has 0 unspecified atom stereocenters. The Bertz CT molecular complexity index is 1880. The molecule has 0 fully saturated rings. The van der Waals surface area contributed by atoms with Crippen LogP contribution in [0.4, 0.5) is 11.4 Å². The molecule has 41 heavy (non-hydrogen) atoms. The zero-order valence-electron chi connectivity index (χ0n) is 22.0. The standard InChI is InChI=1S/C31H27N5O4S/c32-30(37)23-13-15-24(16-14-23)33-31(38)29-26-8-2-4-10-28(26)35(34-29)20-21-11-17-25(18-12-21)41(39,40)36-19-5-7-22-6-1-3-9-27(22)36/h1-4,6,8-18H,5,7,19-20H2,(H2,32,37)(H,33,38). The first-order chi connectivity index (χ1) is 19.8. The third-order valence-corrected chi connectivity index (χ3v) is 9.04. The molecule has 2 heterocycles. The van der Waals surface area contributed by atoms with Crippen molar-refractivity contribution in [2.45, 2.75) is 24.3 Å². The number of carbonyl (C=O) groups is 2. The van der Waals surface area contributed by atoms with Gasteiger partial charge in [-0.3, -0.25) is 18.6 Å². The van der Waals surface area contributed by atoms with Crippen LogP contribution in [0.5, 0.6) is 0 Å². The highest BCUT2D eigenvalue weighted by Crippen LogP contribution is 2.32. The van der Waals surface area contributed by atoms with Gasteiger partial charge in [-0.2, -0.15) is 5.10 Å². The summed E-state index contributed by atoms with van der Waals surface area (Å²) in [6, 6.07) is 28.1. The molecule has 0 bridgehead atoms. The molecule has 9 nitrogen and oxygen atoms in total. The van der Waals surface area contributed by atoms with E-state index in [0.717, 1.165) is 35.2 Å². The van der Waals surface area contributed by atoms with Gasteiger partial charge in [-0.15, -0.1) is 0 Å². The molecule has 0 spiro atoms. The van der Waals surface area contributed by atoms with Crippen molar-refractivity contribution in [3.05, 3.63) is 119 Å². The van der Waals surface area contributed by atoms with Gasteiger partial charge in [0.1, 0.15) is 0 Å². The van der Waals surface area contributed by atoms with Crippen molar-refractivity contribution in [1.82, 2.24) is 9.78 Å². The van der Waals surface area contributed by atoms with Crippen LogP contribution in [0.15, 0.2) is 102 Å². The molecular formula is C31H27N5O4S. The fourth-order valence-corrected chi connectivity index (χ4v) is 6.68. The zero-order valence-corrected chi connectivity index (χ0v) is 22.8. The van der Waals surface area contributed by atoms with Crippen molar-refractivity contribution in [2.24, 2.45) is 5.73 Å². The highest BCUT2D eigenvalue weighted by atomic mass is 32.2. The minimum atomic E-state index is -3.71. The zero-order chi connectivity index (χ0) is 28.6. The largest absolute Gasteiger partial charge is 0.366 e. The van der Waals surface area contributed by atoms with Gasteiger partial charge in [0, 0.05) is 23.2 Å². The van der Waals surface area contributed by atoms with E-state index < -0.39 is 21.8 Å². The topological polar surface area (TPSA) is 127 Å². The number of sulfonamides is 1. The second-order valence-corrected chi connectivity index (χ2v) is 11.7. The molecule has 2 amide bonds. The quantitative estimate of drug-likeness (QED) is 0.299. The van der Waals surface area contributed by atoms with Gasteiger partial charge in [0.15, 0.2) is 5.69 Å². The number of benzene rings is 4. The summed E-state index contributed by atoms with van der Waals surface area (Å²) in [5.74, 6) is -0.940. The van der Waals surface area contributed by atoms with Crippen molar-refractivity contribution < 1.29 is 18.0 Å². The second kappa shape index (κ2) is 10.5. The molecule has 1 aliphatic rings. The summed E-state index contributed by atoms with van der Waals surface area (Å²) in [7, 11) is -3.71.